The first kappa shape index (κ1) is 17.8. The lowest BCUT2D eigenvalue weighted by molar-refractivity contribution is -0.150. The molecule has 1 saturated heterocycles. The number of carbonyl (C=O) groups is 2. The number of rotatable bonds is 6. The molecule has 0 saturated carbocycles. The molecule has 0 aliphatic carbocycles. The van der Waals surface area contributed by atoms with E-state index in [-0.39, 0.29) is 30.5 Å². The Bertz CT molecular complexity index is 384. The number of carboxylic acid groups (broad SMARTS) is 1. The van der Waals surface area contributed by atoms with Crippen LogP contribution in [0.3, 0.4) is 0 Å². The summed E-state index contributed by atoms with van der Waals surface area (Å²) in [5.41, 5.74) is -0.827. The van der Waals surface area contributed by atoms with E-state index in [1.54, 1.807) is 12.0 Å². The third-order valence-corrected chi connectivity index (χ3v) is 4.58. The first-order valence-electron chi connectivity index (χ1n) is 7.52. The number of carbonyl (C=O) groups excluding carboxylic acids is 1. The molecule has 0 radical (unpaired) electrons. The van der Waals surface area contributed by atoms with Gasteiger partial charge in [-0.15, -0.1) is 0 Å². The second-order valence-electron chi connectivity index (χ2n) is 6.54. The molecule has 1 aliphatic rings. The van der Waals surface area contributed by atoms with Gasteiger partial charge in [0.2, 0.25) is 0 Å². The van der Waals surface area contributed by atoms with E-state index in [1.165, 1.54) is 0 Å². The van der Waals surface area contributed by atoms with E-state index >= 15 is 0 Å². The number of hydrogen-bond donors (Lipinski definition) is 2. The summed E-state index contributed by atoms with van der Waals surface area (Å²) < 4.78 is 5.12. The van der Waals surface area contributed by atoms with Gasteiger partial charge in [-0.25, -0.2) is 4.79 Å². The van der Waals surface area contributed by atoms with Crippen molar-refractivity contribution >= 4 is 12.0 Å². The number of nitrogens with one attached hydrogen (secondary N) is 1. The van der Waals surface area contributed by atoms with Crippen molar-refractivity contribution in [1.82, 2.24) is 10.2 Å². The van der Waals surface area contributed by atoms with Crippen LogP contribution >= 0.6 is 0 Å². The van der Waals surface area contributed by atoms with Gasteiger partial charge in [-0.1, -0.05) is 27.7 Å². The van der Waals surface area contributed by atoms with Crippen molar-refractivity contribution in [2.45, 2.75) is 40.2 Å². The Kier molecular flexibility index (Phi) is 6.01. The number of ether oxygens (including phenoxy) is 1. The summed E-state index contributed by atoms with van der Waals surface area (Å²) in [6, 6.07) is -0.268. The molecule has 1 fully saturated rings. The Hall–Kier alpha value is -1.30. The highest BCUT2D eigenvalue weighted by Gasteiger charge is 2.48. The maximum absolute atomic E-state index is 12.3. The van der Waals surface area contributed by atoms with E-state index in [0.29, 0.717) is 19.6 Å². The molecule has 0 aromatic rings. The van der Waals surface area contributed by atoms with Gasteiger partial charge in [-0.2, -0.15) is 0 Å². The van der Waals surface area contributed by atoms with Crippen LogP contribution in [-0.2, 0) is 9.53 Å². The normalized spacial score (nSPS) is 23.7. The average Bonchev–Trinajstić information content (AvgIpc) is 2.84. The third-order valence-electron chi connectivity index (χ3n) is 4.58. The molecule has 0 bridgehead atoms. The van der Waals surface area contributed by atoms with Gasteiger partial charge in [0.15, 0.2) is 0 Å². The molecular weight excluding hydrogens is 272 g/mol. The number of likely N-dealkylation sites (tertiary alicyclic amines) is 1. The van der Waals surface area contributed by atoms with Crippen molar-refractivity contribution in [3.8, 4) is 0 Å². The lowest BCUT2D eigenvalue weighted by atomic mass is 9.76. The summed E-state index contributed by atoms with van der Waals surface area (Å²) >= 11 is 0. The minimum Gasteiger partial charge on any atom is -0.481 e. The predicted octanol–water partition coefficient (Wildman–Crippen LogP) is 1.80. The molecule has 2 unspecified atom stereocenters. The van der Waals surface area contributed by atoms with Crippen LogP contribution in [0, 0.1) is 17.3 Å². The Morgan fingerprint density at radius 2 is 1.95 bits per heavy atom. The number of methoxy groups -OCH3 is 1. The second kappa shape index (κ2) is 7.11. The minimum absolute atomic E-state index is 0.00679. The fourth-order valence-electron chi connectivity index (χ4n) is 2.73. The molecule has 1 heterocycles. The molecule has 2 atom stereocenters. The molecular formula is C15H28N2O4. The van der Waals surface area contributed by atoms with E-state index in [2.05, 4.69) is 5.32 Å². The topological polar surface area (TPSA) is 78.9 Å². The van der Waals surface area contributed by atoms with Crippen LogP contribution in [0.5, 0.6) is 0 Å². The fraction of sp³-hybridized carbons (Fsp3) is 0.867. The maximum atomic E-state index is 12.3. The summed E-state index contributed by atoms with van der Waals surface area (Å²) in [5.74, 6) is -0.566. The van der Waals surface area contributed by atoms with Crippen LogP contribution in [-0.4, -0.2) is 54.9 Å². The number of urea groups is 1. The zero-order valence-electron chi connectivity index (χ0n) is 13.7. The Morgan fingerprint density at radius 3 is 2.33 bits per heavy atom. The average molecular weight is 300 g/mol. The van der Waals surface area contributed by atoms with Crippen molar-refractivity contribution in [3.63, 3.8) is 0 Å². The molecule has 6 nitrogen and oxygen atoms in total. The van der Waals surface area contributed by atoms with Gasteiger partial charge in [-0.05, 0) is 18.3 Å². The highest BCUT2D eigenvalue weighted by molar-refractivity contribution is 5.80. The molecule has 1 aliphatic heterocycles. The number of hydrogen-bond acceptors (Lipinski definition) is 3. The molecule has 1 rings (SSSR count). The van der Waals surface area contributed by atoms with Crippen LogP contribution in [0.15, 0.2) is 0 Å². The van der Waals surface area contributed by atoms with Gasteiger partial charge in [0.25, 0.3) is 0 Å². The molecule has 6 heteroatoms. The molecule has 0 aromatic carbocycles. The number of aliphatic carboxylic acids is 1. The van der Waals surface area contributed by atoms with Crippen molar-refractivity contribution in [3.05, 3.63) is 0 Å². The van der Waals surface area contributed by atoms with Gasteiger partial charge in [0, 0.05) is 20.2 Å². The SMILES string of the molecule is COCC(NC(=O)N1CCC(C(=O)O)(C(C)C)C1)C(C)C. The lowest BCUT2D eigenvalue weighted by Crippen LogP contribution is -2.49. The molecule has 21 heavy (non-hydrogen) atoms. The molecule has 2 amide bonds. The highest BCUT2D eigenvalue weighted by atomic mass is 16.5. The zero-order valence-corrected chi connectivity index (χ0v) is 13.7. The summed E-state index contributed by atoms with van der Waals surface area (Å²) in [6.45, 7) is 9.03. The van der Waals surface area contributed by atoms with Crippen molar-refractivity contribution in [2.75, 3.05) is 26.8 Å². The first-order chi connectivity index (χ1) is 9.74. The minimum atomic E-state index is -0.827. The van der Waals surface area contributed by atoms with Crippen LogP contribution in [0.25, 0.3) is 0 Å². The van der Waals surface area contributed by atoms with Gasteiger partial charge < -0.3 is 20.1 Å². The summed E-state index contributed by atoms with van der Waals surface area (Å²) in [7, 11) is 1.60. The fourth-order valence-corrected chi connectivity index (χ4v) is 2.73. The van der Waals surface area contributed by atoms with Crippen LogP contribution in [0.2, 0.25) is 0 Å². The Morgan fingerprint density at radius 1 is 1.33 bits per heavy atom. The van der Waals surface area contributed by atoms with Crippen LogP contribution < -0.4 is 5.32 Å². The quantitative estimate of drug-likeness (QED) is 0.784. The lowest BCUT2D eigenvalue weighted by Gasteiger charge is -2.29. The van der Waals surface area contributed by atoms with E-state index in [4.69, 9.17) is 4.74 Å². The molecule has 2 N–H and O–H groups in total. The Balaban J connectivity index is 2.71. The van der Waals surface area contributed by atoms with Gasteiger partial charge in [0.1, 0.15) is 0 Å². The summed E-state index contributed by atoms with van der Waals surface area (Å²) in [4.78, 5) is 25.5. The maximum Gasteiger partial charge on any atom is 0.317 e. The Labute approximate surface area is 126 Å². The van der Waals surface area contributed by atoms with Crippen molar-refractivity contribution in [2.24, 2.45) is 17.3 Å². The smallest absolute Gasteiger partial charge is 0.317 e. The molecule has 122 valence electrons. The van der Waals surface area contributed by atoms with Crippen molar-refractivity contribution < 1.29 is 19.4 Å². The number of amides is 2. The van der Waals surface area contributed by atoms with E-state index < -0.39 is 11.4 Å². The molecule has 0 aromatic heterocycles. The predicted molar refractivity (Wildman–Crippen MR) is 80.1 cm³/mol. The van der Waals surface area contributed by atoms with Crippen LogP contribution in [0.1, 0.15) is 34.1 Å². The highest BCUT2D eigenvalue weighted by Crippen LogP contribution is 2.38. The number of carboxylic acids is 1. The summed E-state index contributed by atoms with van der Waals surface area (Å²) in [5, 5.41) is 12.5. The first-order valence-corrected chi connectivity index (χ1v) is 7.52. The largest absolute Gasteiger partial charge is 0.481 e. The zero-order chi connectivity index (χ0) is 16.2. The van der Waals surface area contributed by atoms with E-state index in [0.717, 1.165) is 0 Å². The molecule has 0 spiro atoms. The third kappa shape index (κ3) is 3.87. The van der Waals surface area contributed by atoms with Crippen LogP contribution in [0.4, 0.5) is 4.79 Å². The summed E-state index contributed by atoms with van der Waals surface area (Å²) in [6.07, 6.45) is 0.504. The van der Waals surface area contributed by atoms with Gasteiger partial charge in [-0.3, -0.25) is 4.79 Å². The number of nitrogens with zero attached hydrogens (tertiary/aromatic N) is 1. The van der Waals surface area contributed by atoms with Gasteiger partial charge >= 0.3 is 12.0 Å². The van der Waals surface area contributed by atoms with E-state index in [9.17, 15) is 14.7 Å². The monoisotopic (exact) mass is 300 g/mol. The van der Waals surface area contributed by atoms with E-state index in [1.807, 2.05) is 27.7 Å². The second-order valence-corrected chi connectivity index (χ2v) is 6.54. The van der Waals surface area contributed by atoms with Gasteiger partial charge in [0.05, 0.1) is 18.1 Å². The standard InChI is InChI=1S/C15H28N2O4/c1-10(2)12(8-21-5)16-14(20)17-7-6-15(9-17,11(3)4)13(18)19/h10-12H,6-9H2,1-5H3,(H,16,20)(H,18,19). The van der Waals surface area contributed by atoms with Crippen molar-refractivity contribution in [1.29, 1.82) is 0 Å².